The molecule has 1 aliphatic carbocycles. The number of hydrogen-bond acceptors (Lipinski definition) is 8. The van der Waals surface area contributed by atoms with Gasteiger partial charge in [0.05, 0.1) is 46.0 Å². The van der Waals surface area contributed by atoms with Crippen molar-refractivity contribution in [3.05, 3.63) is 47.8 Å². The maximum atomic E-state index is 12.7. The summed E-state index contributed by atoms with van der Waals surface area (Å²) in [5.41, 5.74) is 8.49. The fourth-order valence-electron chi connectivity index (χ4n) is 4.07. The molecule has 0 radical (unpaired) electrons. The van der Waals surface area contributed by atoms with Crippen molar-refractivity contribution in [3.63, 3.8) is 0 Å². The van der Waals surface area contributed by atoms with Crippen molar-refractivity contribution in [2.24, 2.45) is 5.73 Å². The van der Waals surface area contributed by atoms with Gasteiger partial charge in [-0.1, -0.05) is 0 Å². The number of nitrogens with one attached hydrogen (secondary N) is 2. The molecular formula is C23H22N8O3. The molecule has 0 aromatic carbocycles. The van der Waals surface area contributed by atoms with E-state index in [0.29, 0.717) is 41.0 Å². The van der Waals surface area contributed by atoms with E-state index in [0.717, 1.165) is 18.4 Å². The highest BCUT2D eigenvalue weighted by atomic mass is 16.6. The molecule has 0 unspecified atom stereocenters. The lowest BCUT2D eigenvalue weighted by Gasteiger charge is -2.29. The van der Waals surface area contributed by atoms with Crippen LogP contribution in [0.5, 0.6) is 0 Å². The number of primary amides is 1. The maximum absolute atomic E-state index is 12.7. The number of ether oxygens (including phenoxy) is 1. The summed E-state index contributed by atoms with van der Waals surface area (Å²) >= 11 is 0. The number of carbonyl (C=O) groups is 2. The Bertz CT molecular complexity index is 1310. The zero-order valence-electron chi connectivity index (χ0n) is 18.2. The molecule has 11 nitrogen and oxygen atoms in total. The summed E-state index contributed by atoms with van der Waals surface area (Å²) in [5.74, 6) is -0.411. The van der Waals surface area contributed by atoms with Crippen LogP contribution in [0.3, 0.4) is 0 Å². The SMILES string of the molecule is N#CCNC(=O)c1cnc(-c2ccc3cc(C#N)cnn23)cc1N[C@H]1CC[C@H](OC(N)=O)CC1. The molecule has 3 aromatic rings. The molecule has 4 rings (SSSR count). The van der Waals surface area contributed by atoms with E-state index in [4.69, 9.17) is 21.0 Å². The summed E-state index contributed by atoms with van der Waals surface area (Å²) in [5, 5.41) is 28.2. The van der Waals surface area contributed by atoms with E-state index in [1.165, 1.54) is 12.4 Å². The molecular weight excluding hydrogens is 436 g/mol. The largest absolute Gasteiger partial charge is 0.446 e. The van der Waals surface area contributed by atoms with Crippen LogP contribution in [-0.2, 0) is 4.74 Å². The van der Waals surface area contributed by atoms with Crippen LogP contribution in [0.25, 0.3) is 16.9 Å². The highest BCUT2D eigenvalue weighted by Crippen LogP contribution is 2.29. The van der Waals surface area contributed by atoms with E-state index in [1.54, 1.807) is 16.6 Å². The van der Waals surface area contributed by atoms with E-state index in [9.17, 15) is 9.59 Å². The molecule has 172 valence electrons. The molecule has 1 aliphatic rings. The zero-order chi connectivity index (χ0) is 24.1. The molecule has 0 saturated heterocycles. The van der Waals surface area contributed by atoms with E-state index in [2.05, 4.69) is 26.8 Å². The van der Waals surface area contributed by atoms with Crippen LogP contribution in [-0.4, -0.2) is 45.3 Å². The van der Waals surface area contributed by atoms with Gasteiger partial charge in [-0.3, -0.25) is 9.78 Å². The lowest BCUT2D eigenvalue weighted by Crippen LogP contribution is -2.33. The van der Waals surface area contributed by atoms with Crippen LogP contribution < -0.4 is 16.4 Å². The van der Waals surface area contributed by atoms with Gasteiger partial charge in [0, 0.05) is 12.2 Å². The maximum Gasteiger partial charge on any atom is 0.404 e. The molecule has 0 spiro atoms. The van der Waals surface area contributed by atoms with Crippen LogP contribution in [0, 0.1) is 22.7 Å². The Hall–Kier alpha value is -4.64. The van der Waals surface area contributed by atoms with Gasteiger partial charge >= 0.3 is 6.09 Å². The van der Waals surface area contributed by atoms with Crippen molar-refractivity contribution in [3.8, 4) is 23.5 Å². The number of hydrogen-bond donors (Lipinski definition) is 3. The quantitative estimate of drug-likeness (QED) is 0.472. The first-order chi connectivity index (χ1) is 16.5. The summed E-state index contributed by atoms with van der Waals surface area (Å²) in [6, 6.07) is 11.2. The lowest BCUT2D eigenvalue weighted by molar-refractivity contribution is 0.0804. The minimum Gasteiger partial charge on any atom is -0.446 e. The number of nitrogens with zero attached hydrogens (tertiary/aromatic N) is 5. The van der Waals surface area contributed by atoms with Gasteiger partial charge in [0.2, 0.25) is 0 Å². The summed E-state index contributed by atoms with van der Waals surface area (Å²) in [6.45, 7) is -0.121. The number of nitriles is 2. The van der Waals surface area contributed by atoms with Crippen molar-refractivity contribution in [2.75, 3.05) is 11.9 Å². The first-order valence-corrected chi connectivity index (χ1v) is 10.7. The number of rotatable bonds is 6. The van der Waals surface area contributed by atoms with Crippen LogP contribution in [0.15, 0.2) is 36.7 Å². The molecule has 34 heavy (non-hydrogen) atoms. The van der Waals surface area contributed by atoms with Crippen LogP contribution in [0.1, 0.15) is 41.6 Å². The molecule has 1 fully saturated rings. The van der Waals surface area contributed by atoms with Gasteiger partial charge in [0.15, 0.2) is 0 Å². The molecule has 0 aliphatic heterocycles. The van der Waals surface area contributed by atoms with Crippen molar-refractivity contribution in [1.29, 1.82) is 10.5 Å². The predicted molar refractivity (Wildman–Crippen MR) is 121 cm³/mol. The number of anilines is 1. The summed E-state index contributed by atoms with van der Waals surface area (Å²) < 4.78 is 6.77. The fraction of sp³-hybridized carbons (Fsp3) is 0.304. The number of amides is 2. The third-order valence-corrected chi connectivity index (χ3v) is 5.69. The highest BCUT2D eigenvalue weighted by molar-refractivity contribution is 6.00. The van der Waals surface area contributed by atoms with Gasteiger partial charge < -0.3 is 21.1 Å². The predicted octanol–water partition coefficient (Wildman–Crippen LogP) is 2.34. The van der Waals surface area contributed by atoms with Gasteiger partial charge in [0.25, 0.3) is 5.91 Å². The molecule has 2 amide bonds. The summed E-state index contributed by atoms with van der Waals surface area (Å²) in [6.07, 6.45) is 4.72. The Morgan fingerprint density at radius 2 is 1.97 bits per heavy atom. The average molecular weight is 458 g/mol. The number of aromatic nitrogens is 3. The van der Waals surface area contributed by atoms with Crippen molar-refractivity contribution in [1.82, 2.24) is 19.9 Å². The molecule has 0 atom stereocenters. The highest BCUT2D eigenvalue weighted by Gasteiger charge is 2.25. The first kappa shape index (κ1) is 22.6. The monoisotopic (exact) mass is 458 g/mol. The second-order valence-corrected chi connectivity index (χ2v) is 7.92. The number of nitrogens with two attached hydrogens (primary N) is 1. The molecule has 11 heteroatoms. The third kappa shape index (κ3) is 4.89. The van der Waals surface area contributed by atoms with Gasteiger partial charge in [-0.25, -0.2) is 9.31 Å². The smallest absolute Gasteiger partial charge is 0.404 e. The van der Waals surface area contributed by atoms with Gasteiger partial charge in [-0.05, 0) is 49.9 Å². The van der Waals surface area contributed by atoms with Crippen LogP contribution in [0.2, 0.25) is 0 Å². The van der Waals surface area contributed by atoms with E-state index in [-0.39, 0.29) is 18.7 Å². The number of fused-ring (bicyclic) bond motifs is 1. The molecule has 3 aromatic heterocycles. The fourth-order valence-corrected chi connectivity index (χ4v) is 4.07. The Labute approximate surface area is 195 Å². The normalized spacial score (nSPS) is 17.4. The topological polar surface area (TPSA) is 171 Å². The lowest BCUT2D eigenvalue weighted by atomic mass is 9.92. The van der Waals surface area contributed by atoms with Gasteiger partial charge in [-0.2, -0.15) is 15.6 Å². The van der Waals surface area contributed by atoms with Crippen LogP contribution >= 0.6 is 0 Å². The third-order valence-electron chi connectivity index (χ3n) is 5.69. The Kier molecular flexibility index (Phi) is 6.55. The molecule has 1 saturated carbocycles. The van der Waals surface area contributed by atoms with E-state index >= 15 is 0 Å². The second-order valence-electron chi connectivity index (χ2n) is 7.92. The molecule has 3 heterocycles. The molecule has 0 bridgehead atoms. The van der Waals surface area contributed by atoms with Crippen molar-refractivity contribution < 1.29 is 14.3 Å². The summed E-state index contributed by atoms with van der Waals surface area (Å²) in [4.78, 5) is 28.1. The Morgan fingerprint density at radius 1 is 1.18 bits per heavy atom. The Balaban J connectivity index is 1.63. The Morgan fingerprint density at radius 3 is 2.68 bits per heavy atom. The van der Waals surface area contributed by atoms with Crippen molar-refractivity contribution in [2.45, 2.75) is 37.8 Å². The first-order valence-electron chi connectivity index (χ1n) is 10.7. The average Bonchev–Trinajstić information content (AvgIpc) is 3.26. The standard InChI is InChI=1S/C23H22N8O3/c24-7-8-27-22(32)18-13-28-20(21-6-3-16-9-14(11-25)12-29-31(16)21)10-19(18)30-15-1-4-17(5-2-15)34-23(26)33/h3,6,9-10,12-13,15,17H,1-2,4-5,8H2,(H2,26,33)(H,27,32)(H,28,30)/t15-,17-. The summed E-state index contributed by atoms with van der Waals surface area (Å²) in [7, 11) is 0. The van der Waals surface area contributed by atoms with Crippen molar-refractivity contribution >= 4 is 23.2 Å². The minimum absolute atomic E-state index is 0.0471. The number of carbonyl (C=O) groups excluding carboxylic acids is 2. The van der Waals surface area contributed by atoms with E-state index < -0.39 is 12.0 Å². The van der Waals surface area contributed by atoms with E-state index in [1.807, 2.05) is 18.2 Å². The number of pyridine rings is 1. The van der Waals surface area contributed by atoms with Gasteiger partial charge in [-0.15, -0.1) is 0 Å². The second kappa shape index (κ2) is 9.88. The van der Waals surface area contributed by atoms with Gasteiger partial charge in [0.1, 0.15) is 18.7 Å². The van der Waals surface area contributed by atoms with Crippen LogP contribution in [0.4, 0.5) is 10.5 Å². The minimum atomic E-state index is -0.776. The zero-order valence-corrected chi connectivity index (χ0v) is 18.2. The molecule has 4 N–H and O–H groups in total.